The van der Waals surface area contributed by atoms with Gasteiger partial charge >= 0.3 is 6.18 Å². The highest BCUT2D eigenvalue weighted by Crippen LogP contribution is 2.21. The number of guanidine groups is 1. The molecule has 1 aromatic carbocycles. The Morgan fingerprint density at radius 3 is 2.67 bits per heavy atom. The lowest BCUT2D eigenvalue weighted by Gasteiger charge is -2.15. The van der Waals surface area contributed by atoms with Gasteiger partial charge in [0.1, 0.15) is 5.75 Å². The Hall–Kier alpha value is -2.18. The van der Waals surface area contributed by atoms with Gasteiger partial charge in [-0.2, -0.15) is 13.2 Å². The zero-order valence-corrected chi connectivity index (χ0v) is 11.7. The summed E-state index contributed by atoms with van der Waals surface area (Å²) in [6.45, 7) is 3.09. The Bertz CT molecular complexity index is 487. The van der Waals surface area contributed by atoms with Crippen LogP contribution in [0.2, 0.25) is 0 Å². The SMILES string of the molecule is C=CCNC(=NC)NCc1ccccc1OCC(F)(F)F. The maximum Gasteiger partial charge on any atom is 0.422 e. The van der Waals surface area contributed by atoms with E-state index < -0.39 is 12.8 Å². The minimum Gasteiger partial charge on any atom is -0.484 e. The van der Waals surface area contributed by atoms with E-state index in [1.807, 2.05) is 0 Å². The molecule has 116 valence electrons. The van der Waals surface area contributed by atoms with E-state index in [4.69, 9.17) is 4.74 Å². The number of aliphatic imine (C=N–C) groups is 1. The molecule has 0 heterocycles. The average molecular weight is 301 g/mol. The summed E-state index contributed by atoms with van der Waals surface area (Å²) < 4.78 is 41.4. The number of halogens is 3. The van der Waals surface area contributed by atoms with E-state index in [2.05, 4.69) is 22.2 Å². The van der Waals surface area contributed by atoms with Crippen molar-refractivity contribution < 1.29 is 17.9 Å². The van der Waals surface area contributed by atoms with Crippen molar-refractivity contribution in [1.82, 2.24) is 10.6 Å². The molecule has 2 N–H and O–H groups in total. The third kappa shape index (κ3) is 6.69. The molecule has 0 unspecified atom stereocenters. The first-order valence-electron chi connectivity index (χ1n) is 6.29. The Balaban J connectivity index is 2.64. The van der Waals surface area contributed by atoms with Gasteiger partial charge in [-0.25, -0.2) is 0 Å². The quantitative estimate of drug-likeness (QED) is 0.482. The first-order valence-corrected chi connectivity index (χ1v) is 6.29. The molecule has 0 radical (unpaired) electrons. The van der Waals surface area contributed by atoms with Crippen LogP contribution in [0.4, 0.5) is 13.2 Å². The molecule has 4 nitrogen and oxygen atoms in total. The van der Waals surface area contributed by atoms with Gasteiger partial charge in [-0.05, 0) is 6.07 Å². The van der Waals surface area contributed by atoms with Crippen LogP contribution in [-0.4, -0.2) is 32.3 Å². The molecule has 0 bridgehead atoms. The second-order valence-corrected chi connectivity index (χ2v) is 4.11. The minimum absolute atomic E-state index is 0.196. The van der Waals surface area contributed by atoms with Gasteiger partial charge in [-0.3, -0.25) is 4.99 Å². The third-order valence-corrected chi connectivity index (χ3v) is 2.45. The molecule has 0 aliphatic heterocycles. The van der Waals surface area contributed by atoms with Crippen molar-refractivity contribution in [2.45, 2.75) is 12.7 Å². The van der Waals surface area contributed by atoms with Gasteiger partial charge in [0.05, 0.1) is 0 Å². The number of hydrogen-bond acceptors (Lipinski definition) is 2. The van der Waals surface area contributed by atoms with Gasteiger partial charge < -0.3 is 15.4 Å². The van der Waals surface area contributed by atoms with E-state index in [9.17, 15) is 13.2 Å². The summed E-state index contributed by atoms with van der Waals surface area (Å²) >= 11 is 0. The first-order chi connectivity index (χ1) is 9.96. The van der Waals surface area contributed by atoms with E-state index in [1.165, 1.54) is 6.07 Å². The van der Waals surface area contributed by atoms with Crippen LogP contribution in [0, 0.1) is 0 Å². The maximum atomic E-state index is 12.2. The molecule has 1 rings (SSSR count). The Labute approximate surface area is 121 Å². The highest BCUT2D eigenvalue weighted by molar-refractivity contribution is 5.79. The summed E-state index contributed by atoms with van der Waals surface area (Å²) in [5.41, 5.74) is 0.614. The number of nitrogens with one attached hydrogen (secondary N) is 2. The second kappa shape index (κ2) is 8.18. The number of hydrogen-bond donors (Lipinski definition) is 2. The molecule has 0 saturated carbocycles. The van der Waals surface area contributed by atoms with Crippen LogP contribution in [0.5, 0.6) is 5.75 Å². The lowest BCUT2D eigenvalue weighted by Crippen LogP contribution is -2.36. The standard InChI is InChI=1S/C14H18F3N3O/c1-3-8-19-13(18-2)20-9-11-6-4-5-7-12(11)21-10-14(15,16)17/h3-7H,1,8-10H2,2H3,(H2,18,19,20). The van der Waals surface area contributed by atoms with Crippen molar-refractivity contribution in [2.24, 2.45) is 4.99 Å². The molecule has 0 spiro atoms. The fourth-order valence-electron chi connectivity index (χ4n) is 1.52. The zero-order valence-electron chi connectivity index (χ0n) is 11.7. The Morgan fingerprint density at radius 1 is 1.33 bits per heavy atom. The van der Waals surface area contributed by atoms with Crippen molar-refractivity contribution in [2.75, 3.05) is 20.2 Å². The molecular formula is C14H18F3N3O. The molecule has 0 aliphatic carbocycles. The molecule has 7 heteroatoms. The van der Waals surface area contributed by atoms with Crippen molar-refractivity contribution in [3.63, 3.8) is 0 Å². The van der Waals surface area contributed by atoms with Gasteiger partial charge in [0, 0.05) is 25.7 Å². The van der Waals surface area contributed by atoms with Crippen molar-refractivity contribution in [1.29, 1.82) is 0 Å². The van der Waals surface area contributed by atoms with E-state index >= 15 is 0 Å². The van der Waals surface area contributed by atoms with E-state index in [0.29, 0.717) is 24.6 Å². The normalized spacial score (nSPS) is 11.9. The smallest absolute Gasteiger partial charge is 0.422 e. The van der Waals surface area contributed by atoms with Crippen molar-refractivity contribution in [3.8, 4) is 5.75 Å². The van der Waals surface area contributed by atoms with Crippen LogP contribution in [0.1, 0.15) is 5.56 Å². The predicted octanol–water partition coefficient (Wildman–Crippen LogP) is 2.48. The molecule has 0 saturated heterocycles. The summed E-state index contributed by atoms with van der Waals surface area (Å²) in [5.74, 6) is 0.724. The van der Waals surface area contributed by atoms with Crippen LogP contribution in [0.3, 0.4) is 0 Å². The third-order valence-electron chi connectivity index (χ3n) is 2.45. The van der Waals surface area contributed by atoms with Crippen LogP contribution in [-0.2, 0) is 6.54 Å². The first kappa shape index (κ1) is 16.9. The Kier molecular flexibility index (Phi) is 6.58. The van der Waals surface area contributed by atoms with Crippen molar-refractivity contribution in [3.05, 3.63) is 42.5 Å². The van der Waals surface area contributed by atoms with Crippen LogP contribution in [0.25, 0.3) is 0 Å². The molecule has 1 aromatic rings. The molecule has 0 fully saturated rings. The number of nitrogens with zero attached hydrogens (tertiary/aromatic N) is 1. The molecule has 0 aromatic heterocycles. The fourth-order valence-corrected chi connectivity index (χ4v) is 1.52. The summed E-state index contributed by atoms with van der Waals surface area (Å²) in [6, 6.07) is 6.56. The summed E-state index contributed by atoms with van der Waals surface area (Å²) in [6.07, 6.45) is -2.69. The van der Waals surface area contributed by atoms with E-state index in [0.717, 1.165) is 0 Å². The van der Waals surface area contributed by atoms with Gasteiger partial charge in [-0.1, -0.05) is 24.3 Å². The van der Waals surface area contributed by atoms with Gasteiger partial charge in [-0.15, -0.1) is 6.58 Å². The highest BCUT2D eigenvalue weighted by atomic mass is 19.4. The lowest BCUT2D eigenvalue weighted by atomic mass is 10.2. The number of alkyl halides is 3. The zero-order chi connectivity index (χ0) is 15.7. The van der Waals surface area contributed by atoms with Crippen molar-refractivity contribution >= 4 is 5.96 Å². The van der Waals surface area contributed by atoms with Gasteiger partial charge in [0.2, 0.25) is 0 Å². The van der Waals surface area contributed by atoms with Crippen LogP contribution >= 0.6 is 0 Å². The maximum absolute atomic E-state index is 12.2. The molecule has 0 atom stereocenters. The number of para-hydroxylation sites is 1. The number of benzene rings is 1. The lowest BCUT2D eigenvalue weighted by molar-refractivity contribution is -0.153. The van der Waals surface area contributed by atoms with E-state index in [1.54, 1.807) is 31.3 Å². The summed E-state index contributed by atoms with van der Waals surface area (Å²) in [7, 11) is 1.60. The molecule has 21 heavy (non-hydrogen) atoms. The minimum atomic E-state index is -4.36. The van der Waals surface area contributed by atoms with Crippen LogP contribution < -0.4 is 15.4 Å². The topological polar surface area (TPSA) is 45.7 Å². The van der Waals surface area contributed by atoms with Gasteiger partial charge in [0.15, 0.2) is 12.6 Å². The largest absolute Gasteiger partial charge is 0.484 e. The highest BCUT2D eigenvalue weighted by Gasteiger charge is 2.28. The summed E-state index contributed by atoms with van der Waals surface area (Å²) in [5, 5.41) is 5.95. The van der Waals surface area contributed by atoms with Gasteiger partial charge in [0.25, 0.3) is 0 Å². The average Bonchev–Trinajstić information content (AvgIpc) is 2.45. The molecule has 0 aliphatic rings. The predicted molar refractivity (Wildman–Crippen MR) is 76.4 cm³/mol. The Morgan fingerprint density at radius 2 is 2.05 bits per heavy atom. The summed E-state index contributed by atoms with van der Waals surface area (Å²) in [4.78, 5) is 3.98. The molecular weight excluding hydrogens is 283 g/mol. The number of rotatable bonds is 6. The molecule has 0 amide bonds. The second-order valence-electron chi connectivity index (χ2n) is 4.11. The number of ether oxygens (including phenoxy) is 1. The monoisotopic (exact) mass is 301 g/mol. The fraction of sp³-hybridized carbons (Fsp3) is 0.357. The van der Waals surface area contributed by atoms with E-state index in [-0.39, 0.29) is 5.75 Å². The van der Waals surface area contributed by atoms with Crippen LogP contribution in [0.15, 0.2) is 41.9 Å².